The molecule has 1 aromatic carbocycles. The highest BCUT2D eigenvalue weighted by Gasteiger charge is 2.33. The van der Waals surface area contributed by atoms with Crippen LogP contribution in [0, 0.1) is 11.6 Å². The fraction of sp³-hybridized carbons (Fsp3) is 0.448. The van der Waals surface area contributed by atoms with Gasteiger partial charge >= 0.3 is 0 Å². The van der Waals surface area contributed by atoms with Crippen molar-refractivity contribution in [3.8, 4) is 11.3 Å². The summed E-state index contributed by atoms with van der Waals surface area (Å²) in [5, 5.41) is 3.07. The summed E-state index contributed by atoms with van der Waals surface area (Å²) >= 11 is 0. The molecule has 0 unspecified atom stereocenters. The van der Waals surface area contributed by atoms with Gasteiger partial charge in [0.2, 0.25) is 5.95 Å². The fourth-order valence-electron chi connectivity index (χ4n) is 6.49. The fourth-order valence-corrected chi connectivity index (χ4v) is 6.49. The van der Waals surface area contributed by atoms with Crippen molar-refractivity contribution >= 4 is 22.8 Å². The van der Waals surface area contributed by atoms with Gasteiger partial charge in [0.15, 0.2) is 11.6 Å². The van der Waals surface area contributed by atoms with Crippen molar-refractivity contribution in [2.45, 2.75) is 57.7 Å². The molecule has 0 saturated carbocycles. The molecule has 0 spiro atoms. The van der Waals surface area contributed by atoms with Crippen molar-refractivity contribution in [1.82, 2.24) is 34.3 Å². The molecule has 8 nitrogen and oxygen atoms in total. The van der Waals surface area contributed by atoms with Gasteiger partial charge in [-0.25, -0.2) is 28.7 Å². The van der Waals surface area contributed by atoms with Crippen LogP contribution in [0.4, 0.5) is 20.5 Å². The third-order valence-corrected chi connectivity index (χ3v) is 8.51. The quantitative estimate of drug-likeness (QED) is 0.395. The zero-order valence-electron chi connectivity index (χ0n) is 22.3. The number of fused-ring (bicyclic) bond motifs is 4. The summed E-state index contributed by atoms with van der Waals surface area (Å²) in [6.45, 7) is 9.65. The number of aryl methyl sites for hydroxylation is 1. The number of nitrogens with zero attached hydrogens (tertiary/aromatic N) is 7. The lowest BCUT2D eigenvalue weighted by atomic mass is 10.0. The van der Waals surface area contributed by atoms with Gasteiger partial charge in [-0.2, -0.15) is 0 Å². The average Bonchev–Trinajstić information content (AvgIpc) is 3.62. The molecule has 2 fully saturated rings. The smallest absolute Gasteiger partial charge is 0.229 e. The summed E-state index contributed by atoms with van der Waals surface area (Å²) in [5.74, 6) is 0.508. The van der Waals surface area contributed by atoms with E-state index in [1.54, 1.807) is 6.07 Å². The third-order valence-electron chi connectivity index (χ3n) is 8.51. The molecule has 6 heterocycles. The molecule has 1 N–H and O–H groups in total. The van der Waals surface area contributed by atoms with E-state index in [4.69, 9.17) is 0 Å². The van der Waals surface area contributed by atoms with Gasteiger partial charge in [-0.1, -0.05) is 6.07 Å². The zero-order chi connectivity index (χ0) is 26.7. The molecular formula is C29H32F2N8. The highest BCUT2D eigenvalue weighted by molar-refractivity contribution is 5.83. The minimum Gasteiger partial charge on any atom is -0.322 e. The van der Waals surface area contributed by atoms with Crippen molar-refractivity contribution in [3.63, 3.8) is 0 Å². The molecule has 3 aliphatic heterocycles. The predicted molar refractivity (Wildman–Crippen MR) is 146 cm³/mol. The first-order valence-corrected chi connectivity index (χ1v) is 13.8. The molecule has 3 aliphatic rings. The zero-order valence-corrected chi connectivity index (χ0v) is 22.3. The number of piperazine rings is 1. The third kappa shape index (κ3) is 4.45. The molecule has 0 amide bonds. The molecule has 39 heavy (non-hydrogen) atoms. The second-order valence-corrected chi connectivity index (χ2v) is 11.6. The lowest BCUT2D eigenvalue weighted by molar-refractivity contribution is 0.0993. The molecule has 4 aromatic rings. The van der Waals surface area contributed by atoms with Crippen LogP contribution in [0.3, 0.4) is 0 Å². The van der Waals surface area contributed by atoms with Crippen LogP contribution in [0.2, 0.25) is 0 Å². The Morgan fingerprint density at radius 1 is 1.03 bits per heavy atom. The number of anilines is 2. The van der Waals surface area contributed by atoms with Crippen molar-refractivity contribution in [3.05, 3.63) is 59.7 Å². The minimum atomic E-state index is -0.620. The number of hydrogen-bond acceptors (Lipinski definition) is 7. The maximum absolute atomic E-state index is 15.1. The van der Waals surface area contributed by atoms with E-state index in [9.17, 15) is 4.39 Å². The Balaban J connectivity index is 1.11. The van der Waals surface area contributed by atoms with Crippen LogP contribution in [-0.2, 0) is 18.5 Å². The SMILES string of the molecule is CC1(C)CCc2nc3c(F)cc(-c4nc(Nc5ccc(CN6CCN7CCC[C@@H]7C6)cn5)ncc4F)cc3n21. The second kappa shape index (κ2) is 9.31. The predicted octanol–water partition coefficient (Wildman–Crippen LogP) is 4.87. The van der Waals surface area contributed by atoms with Gasteiger partial charge in [0.1, 0.15) is 22.9 Å². The Hall–Kier alpha value is -3.50. The molecule has 0 bridgehead atoms. The maximum Gasteiger partial charge on any atom is 0.229 e. The van der Waals surface area contributed by atoms with Crippen LogP contribution in [0.25, 0.3) is 22.3 Å². The number of pyridine rings is 1. The summed E-state index contributed by atoms with van der Waals surface area (Å²) < 4.78 is 32.1. The molecular weight excluding hydrogens is 498 g/mol. The molecule has 10 heteroatoms. The van der Waals surface area contributed by atoms with Gasteiger partial charge in [0.05, 0.1) is 11.7 Å². The molecule has 3 aromatic heterocycles. The Bertz CT molecular complexity index is 1550. The highest BCUT2D eigenvalue weighted by Crippen LogP contribution is 2.38. The van der Waals surface area contributed by atoms with Gasteiger partial charge in [-0.3, -0.25) is 9.80 Å². The lowest BCUT2D eigenvalue weighted by Gasteiger charge is -2.37. The van der Waals surface area contributed by atoms with Crippen LogP contribution >= 0.6 is 0 Å². The normalized spacial score (nSPS) is 20.9. The molecule has 202 valence electrons. The second-order valence-electron chi connectivity index (χ2n) is 11.6. The molecule has 1 atom stereocenters. The molecule has 0 radical (unpaired) electrons. The van der Waals surface area contributed by atoms with E-state index < -0.39 is 11.6 Å². The van der Waals surface area contributed by atoms with E-state index in [0.717, 1.165) is 56.6 Å². The van der Waals surface area contributed by atoms with Gasteiger partial charge in [-0.15, -0.1) is 0 Å². The number of rotatable bonds is 5. The van der Waals surface area contributed by atoms with Crippen molar-refractivity contribution in [2.24, 2.45) is 0 Å². The first kappa shape index (κ1) is 24.5. The molecule has 7 rings (SSSR count). The van der Waals surface area contributed by atoms with Crippen molar-refractivity contribution in [2.75, 3.05) is 31.5 Å². The van der Waals surface area contributed by atoms with Gasteiger partial charge in [-0.05, 0) is 63.4 Å². The van der Waals surface area contributed by atoms with Gasteiger partial charge in [0.25, 0.3) is 0 Å². The first-order chi connectivity index (χ1) is 18.8. The summed E-state index contributed by atoms with van der Waals surface area (Å²) in [6.07, 6.45) is 7.28. The number of imidazole rings is 1. The Labute approximate surface area is 226 Å². The van der Waals surface area contributed by atoms with E-state index in [2.05, 4.69) is 53.5 Å². The van der Waals surface area contributed by atoms with E-state index >= 15 is 4.39 Å². The van der Waals surface area contributed by atoms with E-state index in [1.807, 2.05) is 18.3 Å². The summed E-state index contributed by atoms with van der Waals surface area (Å²) in [4.78, 5) is 22.7. The van der Waals surface area contributed by atoms with E-state index in [0.29, 0.717) is 28.5 Å². The van der Waals surface area contributed by atoms with Gasteiger partial charge < -0.3 is 9.88 Å². The standard InChI is InChI=1S/C29H32F2N8/c1-29(2)8-7-25-35-27-21(30)12-19(13-23(27)39(25)29)26-22(31)15-33-28(36-26)34-24-6-5-18(14-32-24)16-37-10-11-38-9-3-4-20(38)17-37/h5-6,12-15,20H,3-4,7-11,16-17H2,1-2H3,(H,32,33,34,36)/t20-/m1/s1. The average molecular weight is 531 g/mol. The van der Waals surface area contributed by atoms with Crippen molar-refractivity contribution in [1.29, 1.82) is 0 Å². The molecule has 0 aliphatic carbocycles. The Kier molecular flexibility index (Phi) is 5.85. The Morgan fingerprint density at radius 3 is 2.77 bits per heavy atom. The Morgan fingerprint density at radius 2 is 1.92 bits per heavy atom. The lowest BCUT2D eigenvalue weighted by Crippen LogP contribution is -2.49. The van der Waals surface area contributed by atoms with Crippen molar-refractivity contribution < 1.29 is 8.78 Å². The van der Waals surface area contributed by atoms with E-state index in [1.165, 1.54) is 25.5 Å². The van der Waals surface area contributed by atoms with Crippen LogP contribution in [-0.4, -0.2) is 66.5 Å². The number of halogens is 2. The highest BCUT2D eigenvalue weighted by atomic mass is 19.1. The van der Waals surface area contributed by atoms with Gasteiger partial charge in [0, 0.05) is 55.9 Å². The van der Waals surface area contributed by atoms with E-state index in [-0.39, 0.29) is 17.2 Å². The number of benzene rings is 1. The molecule has 2 saturated heterocycles. The largest absolute Gasteiger partial charge is 0.322 e. The summed E-state index contributed by atoms with van der Waals surface area (Å²) in [5.41, 5.74) is 2.30. The number of nitrogens with one attached hydrogen (secondary N) is 1. The topological polar surface area (TPSA) is 75.0 Å². The number of hydrogen-bond donors (Lipinski definition) is 1. The van der Waals surface area contributed by atoms with Crippen LogP contribution in [0.5, 0.6) is 0 Å². The number of aromatic nitrogens is 5. The van der Waals surface area contributed by atoms with Crippen LogP contribution in [0.1, 0.15) is 44.5 Å². The first-order valence-electron chi connectivity index (χ1n) is 13.8. The maximum atomic E-state index is 15.1. The minimum absolute atomic E-state index is 0.0299. The van der Waals surface area contributed by atoms with Crippen LogP contribution < -0.4 is 5.32 Å². The van der Waals surface area contributed by atoms with Crippen LogP contribution in [0.15, 0.2) is 36.7 Å². The summed E-state index contributed by atoms with van der Waals surface area (Å²) in [7, 11) is 0. The summed E-state index contributed by atoms with van der Waals surface area (Å²) in [6, 6.07) is 7.69. The monoisotopic (exact) mass is 530 g/mol.